The molecule has 1 aromatic carbocycles. The van der Waals surface area contributed by atoms with Crippen LogP contribution in [-0.2, 0) is 11.2 Å². The number of rotatable bonds is 3. The Morgan fingerprint density at radius 3 is 2.76 bits per heavy atom. The van der Waals surface area contributed by atoms with Gasteiger partial charge in [-0.15, -0.1) is 0 Å². The average Bonchev–Trinajstić information content (AvgIpc) is 2.47. The fraction of sp³-hybridized carbons (Fsp3) is 0.0625. The highest BCUT2D eigenvalue weighted by Crippen LogP contribution is 2.26. The lowest BCUT2D eigenvalue weighted by Crippen LogP contribution is -2.15. The maximum atomic E-state index is 13.9. The fourth-order valence-corrected chi connectivity index (χ4v) is 2.25. The van der Waals surface area contributed by atoms with E-state index in [1.54, 1.807) is 36.5 Å². The number of aromatic nitrogens is 2. The number of amides is 1. The Labute approximate surface area is 120 Å². The van der Waals surface area contributed by atoms with E-state index in [-0.39, 0.29) is 11.9 Å². The Morgan fingerprint density at radius 2 is 2.05 bits per heavy atom. The van der Waals surface area contributed by atoms with Crippen molar-refractivity contribution >= 4 is 16.8 Å². The van der Waals surface area contributed by atoms with Crippen molar-refractivity contribution in [3.05, 3.63) is 60.0 Å². The molecule has 0 saturated carbocycles. The van der Waals surface area contributed by atoms with Gasteiger partial charge >= 0.3 is 0 Å². The highest BCUT2D eigenvalue weighted by Gasteiger charge is 2.13. The summed E-state index contributed by atoms with van der Waals surface area (Å²) in [7, 11) is 0. The molecule has 0 spiro atoms. The van der Waals surface area contributed by atoms with Crippen LogP contribution in [0.1, 0.15) is 5.56 Å². The summed E-state index contributed by atoms with van der Waals surface area (Å²) in [6.07, 6.45) is 1.65. The number of benzene rings is 1. The largest absolute Gasteiger partial charge is 0.369 e. The number of para-hydroxylation sites is 1. The van der Waals surface area contributed by atoms with E-state index >= 15 is 0 Å². The quantitative estimate of drug-likeness (QED) is 0.801. The molecule has 2 N–H and O–H groups in total. The van der Waals surface area contributed by atoms with Gasteiger partial charge in [-0.1, -0.05) is 18.2 Å². The standard InChI is InChI=1S/C16H12FN3O/c17-12-5-3-4-10-8-11(9-14(18)21)16(20-15(10)12)13-6-1-2-7-19-13/h1-8H,9H2,(H2,18,21). The van der Waals surface area contributed by atoms with Crippen LogP contribution in [0.4, 0.5) is 4.39 Å². The minimum absolute atomic E-state index is 0.0331. The van der Waals surface area contributed by atoms with Gasteiger partial charge in [0.15, 0.2) is 0 Å². The van der Waals surface area contributed by atoms with Crippen molar-refractivity contribution < 1.29 is 9.18 Å². The molecule has 3 aromatic rings. The van der Waals surface area contributed by atoms with Crippen molar-refractivity contribution in [2.75, 3.05) is 0 Å². The Kier molecular flexibility index (Phi) is 3.31. The molecule has 0 atom stereocenters. The van der Waals surface area contributed by atoms with E-state index in [0.717, 1.165) is 0 Å². The van der Waals surface area contributed by atoms with Gasteiger partial charge in [-0.2, -0.15) is 0 Å². The van der Waals surface area contributed by atoms with E-state index in [1.807, 2.05) is 6.07 Å². The average molecular weight is 281 g/mol. The molecule has 0 aliphatic heterocycles. The molecule has 5 heteroatoms. The third kappa shape index (κ3) is 2.58. The van der Waals surface area contributed by atoms with E-state index in [2.05, 4.69) is 9.97 Å². The SMILES string of the molecule is NC(=O)Cc1cc2cccc(F)c2nc1-c1ccccn1. The Balaban J connectivity index is 2.28. The number of hydrogen-bond donors (Lipinski definition) is 1. The molecule has 2 aromatic heterocycles. The van der Waals surface area contributed by atoms with Crippen molar-refractivity contribution in [1.82, 2.24) is 9.97 Å². The number of hydrogen-bond acceptors (Lipinski definition) is 3. The van der Waals surface area contributed by atoms with Crippen LogP contribution < -0.4 is 5.73 Å². The molecule has 0 radical (unpaired) electrons. The molecule has 0 saturated heterocycles. The normalized spacial score (nSPS) is 10.7. The molecule has 0 unspecified atom stereocenters. The minimum Gasteiger partial charge on any atom is -0.369 e. The molecule has 4 nitrogen and oxygen atoms in total. The van der Waals surface area contributed by atoms with E-state index in [0.29, 0.717) is 22.3 Å². The van der Waals surface area contributed by atoms with Crippen LogP contribution in [0.25, 0.3) is 22.3 Å². The van der Waals surface area contributed by atoms with Crippen LogP contribution in [-0.4, -0.2) is 15.9 Å². The maximum Gasteiger partial charge on any atom is 0.221 e. The van der Waals surface area contributed by atoms with Gasteiger partial charge in [-0.05, 0) is 29.8 Å². The minimum atomic E-state index is -0.468. The van der Waals surface area contributed by atoms with Crippen LogP contribution in [0.15, 0.2) is 48.7 Å². The lowest BCUT2D eigenvalue weighted by Gasteiger charge is -2.09. The Hall–Kier alpha value is -2.82. The van der Waals surface area contributed by atoms with Gasteiger partial charge in [0, 0.05) is 11.6 Å². The number of pyridine rings is 2. The highest BCUT2D eigenvalue weighted by atomic mass is 19.1. The summed E-state index contributed by atoms with van der Waals surface area (Å²) < 4.78 is 13.9. The molecule has 21 heavy (non-hydrogen) atoms. The van der Waals surface area contributed by atoms with Gasteiger partial charge in [-0.25, -0.2) is 9.37 Å². The van der Waals surface area contributed by atoms with Crippen molar-refractivity contribution in [2.24, 2.45) is 5.73 Å². The molecular weight excluding hydrogens is 269 g/mol. The first kappa shape index (κ1) is 13.2. The molecule has 0 fully saturated rings. The van der Waals surface area contributed by atoms with Crippen LogP contribution in [0, 0.1) is 5.82 Å². The van der Waals surface area contributed by atoms with Crippen molar-refractivity contribution in [3.63, 3.8) is 0 Å². The molecule has 0 aliphatic rings. The van der Waals surface area contributed by atoms with E-state index in [9.17, 15) is 9.18 Å². The number of nitrogens with zero attached hydrogens (tertiary/aromatic N) is 2. The number of fused-ring (bicyclic) bond motifs is 1. The monoisotopic (exact) mass is 281 g/mol. The van der Waals surface area contributed by atoms with Gasteiger partial charge in [-0.3, -0.25) is 9.78 Å². The van der Waals surface area contributed by atoms with Crippen LogP contribution >= 0.6 is 0 Å². The Morgan fingerprint density at radius 1 is 1.19 bits per heavy atom. The molecule has 0 bridgehead atoms. The highest BCUT2D eigenvalue weighted by molar-refractivity contribution is 5.86. The summed E-state index contributed by atoms with van der Waals surface area (Å²) in [5, 5.41) is 0.630. The maximum absolute atomic E-state index is 13.9. The summed E-state index contributed by atoms with van der Waals surface area (Å²) in [6, 6.07) is 11.8. The van der Waals surface area contributed by atoms with Gasteiger partial charge < -0.3 is 5.73 Å². The first-order chi connectivity index (χ1) is 10.1. The summed E-state index contributed by atoms with van der Waals surface area (Å²) in [5.74, 6) is -0.875. The first-order valence-electron chi connectivity index (χ1n) is 6.43. The number of halogens is 1. The van der Waals surface area contributed by atoms with E-state index in [4.69, 9.17) is 5.73 Å². The Bertz CT molecular complexity index is 818. The summed E-state index contributed by atoms with van der Waals surface area (Å²) in [5.41, 5.74) is 7.24. The molecule has 3 rings (SSSR count). The van der Waals surface area contributed by atoms with E-state index in [1.165, 1.54) is 6.07 Å². The van der Waals surface area contributed by atoms with Gasteiger partial charge in [0.25, 0.3) is 0 Å². The van der Waals surface area contributed by atoms with Crippen molar-refractivity contribution in [2.45, 2.75) is 6.42 Å². The van der Waals surface area contributed by atoms with Crippen LogP contribution in [0.2, 0.25) is 0 Å². The molecule has 1 amide bonds. The smallest absolute Gasteiger partial charge is 0.221 e. The second kappa shape index (κ2) is 5.28. The second-order valence-corrected chi connectivity index (χ2v) is 4.67. The van der Waals surface area contributed by atoms with Crippen LogP contribution in [0.3, 0.4) is 0 Å². The zero-order valence-electron chi connectivity index (χ0n) is 11.1. The molecule has 0 aliphatic carbocycles. The molecule has 2 heterocycles. The predicted octanol–water partition coefficient (Wildman–Crippen LogP) is 2.46. The molecular formula is C16H12FN3O. The number of carbonyl (C=O) groups excluding carboxylic acids is 1. The topological polar surface area (TPSA) is 68.9 Å². The predicted molar refractivity (Wildman–Crippen MR) is 77.8 cm³/mol. The third-order valence-electron chi connectivity index (χ3n) is 3.15. The van der Waals surface area contributed by atoms with Crippen molar-refractivity contribution in [3.8, 4) is 11.4 Å². The number of primary amides is 1. The summed E-state index contributed by atoms with van der Waals surface area (Å²) in [4.78, 5) is 19.8. The zero-order chi connectivity index (χ0) is 14.8. The number of nitrogens with two attached hydrogens (primary N) is 1. The summed E-state index contributed by atoms with van der Waals surface area (Å²) in [6.45, 7) is 0. The second-order valence-electron chi connectivity index (χ2n) is 4.67. The van der Waals surface area contributed by atoms with Crippen LogP contribution in [0.5, 0.6) is 0 Å². The third-order valence-corrected chi connectivity index (χ3v) is 3.15. The van der Waals surface area contributed by atoms with Gasteiger partial charge in [0.2, 0.25) is 5.91 Å². The zero-order valence-corrected chi connectivity index (χ0v) is 11.1. The fourth-order valence-electron chi connectivity index (χ4n) is 2.25. The van der Waals surface area contributed by atoms with Gasteiger partial charge in [0.05, 0.1) is 17.8 Å². The van der Waals surface area contributed by atoms with Crippen molar-refractivity contribution in [1.29, 1.82) is 0 Å². The lowest BCUT2D eigenvalue weighted by molar-refractivity contribution is -0.117. The first-order valence-corrected chi connectivity index (χ1v) is 6.43. The van der Waals surface area contributed by atoms with Gasteiger partial charge in [0.1, 0.15) is 11.3 Å². The molecule has 104 valence electrons. The summed E-state index contributed by atoms with van der Waals surface area (Å²) >= 11 is 0. The number of carbonyl (C=O) groups is 1. The lowest BCUT2D eigenvalue weighted by atomic mass is 10.0. The van der Waals surface area contributed by atoms with E-state index < -0.39 is 11.7 Å².